The predicted octanol–water partition coefficient (Wildman–Crippen LogP) is 4.39. The second-order valence-electron chi connectivity index (χ2n) is 4.38. The molecule has 0 amide bonds. The molecule has 2 aromatic rings. The van der Waals surface area contributed by atoms with Crippen molar-refractivity contribution >= 4 is 11.4 Å². The Morgan fingerprint density at radius 2 is 1.27 bits per heavy atom. The largest absolute Gasteiger partial charge is 0.497 e. The van der Waals surface area contributed by atoms with Crippen LogP contribution in [0.5, 0.6) is 11.5 Å². The molecule has 2 rings (SSSR count). The summed E-state index contributed by atoms with van der Waals surface area (Å²) in [5.74, 6) is 1.03. The molecule has 0 radical (unpaired) electrons. The van der Waals surface area contributed by atoms with Crippen LogP contribution in [0, 0.1) is 0 Å². The van der Waals surface area contributed by atoms with E-state index in [0.29, 0.717) is 11.5 Å². The Hall–Kier alpha value is -2.50. The SMILES string of the molecule is COc1ccc(N=C(c2ccc(OC)cc2)C(F)(F)F)cc1. The highest BCUT2D eigenvalue weighted by Gasteiger charge is 2.36. The molecule has 0 heterocycles. The quantitative estimate of drug-likeness (QED) is 0.784. The number of rotatable bonds is 4. The zero-order chi connectivity index (χ0) is 16.2. The first-order valence-corrected chi connectivity index (χ1v) is 6.38. The lowest BCUT2D eigenvalue weighted by Gasteiger charge is -2.11. The number of hydrogen-bond donors (Lipinski definition) is 0. The molecule has 0 unspecified atom stereocenters. The molecule has 2 aromatic carbocycles. The van der Waals surface area contributed by atoms with Crippen LogP contribution >= 0.6 is 0 Å². The Bertz CT molecular complexity index is 647. The van der Waals surface area contributed by atoms with Gasteiger partial charge < -0.3 is 9.47 Å². The van der Waals surface area contributed by atoms with Crippen LogP contribution in [0.15, 0.2) is 53.5 Å². The summed E-state index contributed by atoms with van der Waals surface area (Å²) in [6.45, 7) is 0. The number of methoxy groups -OCH3 is 2. The van der Waals surface area contributed by atoms with E-state index in [-0.39, 0.29) is 11.3 Å². The average Bonchev–Trinajstić information content (AvgIpc) is 2.52. The van der Waals surface area contributed by atoms with E-state index in [4.69, 9.17) is 9.47 Å². The third-order valence-corrected chi connectivity index (χ3v) is 2.95. The van der Waals surface area contributed by atoms with E-state index in [1.807, 2.05) is 0 Å². The maximum atomic E-state index is 13.2. The highest BCUT2D eigenvalue weighted by Crippen LogP contribution is 2.27. The molecular weight excluding hydrogens is 295 g/mol. The van der Waals surface area contributed by atoms with Crippen LogP contribution in [0.4, 0.5) is 18.9 Å². The number of aliphatic imine (C=N–C) groups is 1. The maximum Gasteiger partial charge on any atom is 0.433 e. The van der Waals surface area contributed by atoms with Gasteiger partial charge in [0.2, 0.25) is 0 Å². The number of benzene rings is 2. The Morgan fingerprint density at radius 1 is 0.818 bits per heavy atom. The van der Waals surface area contributed by atoms with E-state index in [9.17, 15) is 13.2 Å². The lowest BCUT2D eigenvalue weighted by atomic mass is 10.1. The minimum Gasteiger partial charge on any atom is -0.497 e. The van der Waals surface area contributed by atoms with Gasteiger partial charge in [-0.2, -0.15) is 13.2 Å². The third-order valence-electron chi connectivity index (χ3n) is 2.95. The zero-order valence-corrected chi connectivity index (χ0v) is 12.0. The fourth-order valence-corrected chi connectivity index (χ4v) is 1.83. The molecule has 0 aliphatic carbocycles. The fourth-order valence-electron chi connectivity index (χ4n) is 1.83. The number of halogens is 3. The van der Waals surface area contributed by atoms with Crippen molar-refractivity contribution in [1.82, 2.24) is 0 Å². The van der Waals surface area contributed by atoms with E-state index >= 15 is 0 Å². The van der Waals surface area contributed by atoms with Crippen molar-refractivity contribution in [2.24, 2.45) is 4.99 Å². The molecule has 0 aliphatic rings. The van der Waals surface area contributed by atoms with Crippen LogP contribution < -0.4 is 9.47 Å². The monoisotopic (exact) mass is 309 g/mol. The molecule has 0 spiro atoms. The lowest BCUT2D eigenvalue weighted by Crippen LogP contribution is -2.23. The van der Waals surface area contributed by atoms with E-state index in [2.05, 4.69) is 4.99 Å². The number of ether oxygens (including phenoxy) is 2. The topological polar surface area (TPSA) is 30.8 Å². The van der Waals surface area contributed by atoms with Crippen LogP contribution in [0.1, 0.15) is 5.56 Å². The van der Waals surface area contributed by atoms with E-state index in [0.717, 1.165) is 0 Å². The van der Waals surface area contributed by atoms with Gasteiger partial charge in [0, 0.05) is 5.56 Å². The first-order valence-electron chi connectivity index (χ1n) is 6.38. The highest BCUT2D eigenvalue weighted by molar-refractivity contribution is 6.06. The van der Waals surface area contributed by atoms with Gasteiger partial charge in [0.1, 0.15) is 11.5 Å². The van der Waals surface area contributed by atoms with E-state index < -0.39 is 11.9 Å². The predicted molar refractivity (Wildman–Crippen MR) is 78.2 cm³/mol. The Kier molecular flexibility index (Phi) is 4.70. The second-order valence-corrected chi connectivity index (χ2v) is 4.38. The van der Waals surface area contributed by atoms with Crippen molar-refractivity contribution in [1.29, 1.82) is 0 Å². The van der Waals surface area contributed by atoms with Crippen molar-refractivity contribution in [2.45, 2.75) is 6.18 Å². The molecule has 3 nitrogen and oxygen atoms in total. The smallest absolute Gasteiger partial charge is 0.433 e. The van der Waals surface area contributed by atoms with E-state index in [1.165, 1.54) is 50.6 Å². The molecule has 0 N–H and O–H groups in total. The van der Waals surface area contributed by atoms with Gasteiger partial charge in [0.25, 0.3) is 0 Å². The summed E-state index contributed by atoms with van der Waals surface area (Å²) in [5.41, 5.74) is -0.784. The van der Waals surface area contributed by atoms with Crippen molar-refractivity contribution in [3.63, 3.8) is 0 Å². The summed E-state index contributed by atoms with van der Waals surface area (Å²) in [4.78, 5) is 3.73. The molecule has 116 valence electrons. The normalized spacial score (nSPS) is 12.1. The van der Waals surface area contributed by atoms with Gasteiger partial charge in [-0.1, -0.05) is 0 Å². The van der Waals surface area contributed by atoms with Crippen molar-refractivity contribution in [3.8, 4) is 11.5 Å². The molecule has 0 saturated carbocycles. The summed E-state index contributed by atoms with van der Waals surface area (Å²) in [6.07, 6.45) is -4.56. The third kappa shape index (κ3) is 3.78. The second kappa shape index (κ2) is 6.51. The van der Waals surface area contributed by atoms with E-state index in [1.54, 1.807) is 12.1 Å². The molecule has 0 aromatic heterocycles. The summed E-state index contributed by atoms with van der Waals surface area (Å²) in [5, 5.41) is 0. The Labute approximate surface area is 126 Å². The molecule has 22 heavy (non-hydrogen) atoms. The van der Waals surface area contributed by atoms with Crippen LogP contribution in [-0.2, 0) is 0 Å². The van der Waals surface area contributed by atoms with Gasteiger partial charge in [-0.25, -0.2) is 4.99 Å². The maximum absolute atomic E-state index is 13.2. The van der Waals surface area contributed by atoms with Crippen LogP contribution in [0.2, 0.25) is 0 Å². The van der Waals surface area contributed by atoms with Gasteiger partial charge in [-0.15, -0.1) is 0 Å². The Morgan fingerprint density at radius 3 is 1.68 bits per heavy atom. The van der Waals surface area contributed by atoms with Gasteiger partial charge >= 0.3 is 6.18 Å². The number of nitrogens with zero attached hydrogens (tertiary/aromatic N) is 1. The van der Waals surface area contributed by atoms with Crippen molar-refractivity contribution in [3.05, 3.63) is 54.1 Å². The van der Waals surface area contributed by atoms with Gasteiger partial charge in [0.05, 0.1) is 19.9 Å². The van der Waals surface area contributed by atoms with Gasteiger partial charge in [-0.05, 0) is 48.5 Å². The molecule has 0 bridgehead atoms. The molecule has 0 atom stereocenters. The summed E-state index contributed by atoms with van der Waals surface area (Å²) in [7, 11) is 2.93. The Balaban J connectivity index is 2.42. The first kappa shape index (κ1) is 15.9. The molecule has 0 fully saturated rings. The summed E-state index contributed by atoms with van der Waals surface area (Å²) in [6, 6.07) is 11.6. The van der Waals surface area contributed by atoms with Crippen molar-refractivity contribution in [2.75, 3.05) is 14.2 Å². The van der Waals surface area contributed by atoms with Crippen LogP contribution in [-0.4, -0.2) is 26.1 Å². The standard InChI is InChI=1S/C16H14F3NO2/c1-21-13-7-3-11(4-8-13)15(16(17,18)19)20-12-5-9-14(22-2)10-6-12/h3-10H,1-2H3. The highest BCUT2D eigenvalue weighted by atomic mass is 19.4. The number of alkyl halides is 3. The lowest BCUT2D eigenvalue weighted by molar-refractivity contribution is -0.0579. The summed E-state index contributed by atoms with van der Waals surface area (Å²) < 4.78 is 49.6. The van der Waals surface area contributed by atoms with Crippen LogP contribution in [0.25, 0.3) is 0 Å². The zero-order valence-electron chi connectivity index (χ0n) is 12.0. The van der Waals surface area contributed by atoms with Gasteiger partial charge in [-0.3, -0.25) is 0 Å². The minimum absolute atomic E-state index is 0.0240. The van der Waals surface area contributed by atoms with Crippen molar-refractivity contribution < 1.29 is 22.6 Å². The minimum atomic E-state index is -4.56. The summed E-state index contributed by atoms with van der Waals surface area (Å²) >= 11 is 0. The molecule has 0 aliphatic heterocycles. The first-order chi connectivity index (χ1) is 10.4. The molecular formula is C16H14F3NO2. The average molecular weight is 309 g/mol. The fraction of sp³-hybridized carbons (Fsp3) is 0.188. The molecule has 0 saturated heterocycles. The number of hydrogen-bond acceptors (Lipinski definition) is 3. The van der Waals surface area contributed by atoms with Gasteiger partial charge in [0.15, 0.2) is 5.71 Å². The van der Waals surface area contributed by atoms with Crippen LogP contribution in [0.3, 0.4) is 0 Å². The molecule has 6 heteroatoms.